The Kier molecular flexibility index (Phi) is 5.87. The third kappa shape index (κ3) is 4.63. The van der Waals surface area contributed by atoms with Crippen molar-refractivity contribution in [1.29, 1.82) is 0 Å². The summed E-state index contributed by atoms with van der Waals surface area (Å²) in [5.74, 6) is -0.413. The average Bonchev–Trinajstić information content (AvgIpc) is 3.24. The van der Waals surface area contributed by atoms with Gasteiger partial charge in [-0.25, -0.2) is 0 Å². The lowest BCUT2D eigenvalue weighted by molar-refractivity contribution is 0.0850. The second-order valence-corrected chi connectivity index (χ2v) is 5.51. The van der Waals surface area contributed by atoms with Gasteiger partial charge in [-0.05, 0) is 6.42 Å². The van der Waals surface area contributed by atoms with Crippen molar-refractivity contribution in [2.45, 2.75) is 70.5 Å². The van der Waals surface area contributed by atoms with Gasteiger partial charge in [-0.3, -0.25) is 0 Å². The molecule has 0 unspecified atom stereocenters. The van der Waals surface area contributed by atoms with Crippen LogP contribution in [0.4, 0.5) is 0 Å². The van der Waals surface area contributed by atoms with Gasteiger partial charge in [0.2, 0.25) is 0 Å². The van der Waals surface area contributed by atoms with Crippen molar-refractivity contribution in [2.75, 3.05) is 0 Å². The zero-order valence-corrected chi connectivity index (χ0v) is 12.1. The molecule has 0 saturated carbocycles. The quantitative estimate of drug-likeness (QED) is 0.323. The summed E-state index contributed by atoms with van der Waals surface area (Å²) in [6.45, 7) is 2.26. The molecule has 0 N–H and O–H groups in total. The van der Waals surface area contributed by atoms with Crippen molar-refractivity contribution in [1.82, 2.24) is 0 Å². The maximum atomic E-state index is 5.24. The predicted molar refractivity (Wildman–Crippen MR) is 77.5 cm³/mol. The van der Waals surface area contributed by atoms with Crippen molar-refractivity contribution in [3.05, 3.63) is 35.9 Å². The van der Waals surface area contributed by atoms with Gasteiger partial charge in [0, 0.05) is 12.0 Å². The first-order valence-corrected chi connectivity index (χ1v) is 7.80. The Labute approximate surface area is 117 Å². The Morgan fingerprint density at radius 2 is 1.37 bits per heavy atom. The van der Waals surface area contributed by atoms with Crippen LogP contribution in [0.25, 0.3) is 0 Å². The van der Waals surface area contributed by atoms with Crippen molar-refractivity contribution < 1.29 is 9.78 Å². The first-order chi connectivity index (χ1) is 9.37. The van der Waals surface area contributed by atoms with Crippen LogP contribution in [0.3, 0.4) is 0 Å². The third-order valence-corrected chi connectivity index (χ3v) is 3.86. The monoisotopic (exact) mass is 262 g/mol. The Morgan fingerprint density at radius 1 is 0.789 bits per heavy atom. The molecule has 0 aliphatic carbocycles. The minimum atomic E-state index is -0.413. The van der Waals surface area contributed by atoms with E-state index in [2.05, 4.69) is 19.1 Å². The molecule has 1 aromatic rings. The van der Waals surface area contributed by atoms with Crippen LogP contribution >= 0.6 is 0 Å². The molecular formula is C17H26O2. The van der Waals surface area contributed by atoms with Crippen LogP contribution in [0.15, 0.2) is 30.3 Å². The summed E-state index contributed by atoms with van der Waals surface area (Å²) in [6.07, 6.45) is 11.7. The van der Waals surface area contributed by atoms with Gasteiger partial charge in [-0.2, -0.15) is 9.78 Å². The molecule has 1 aromatic carbocycles. The molecule has 1 fully saturated rings. The van der Waals surface area contributed by atoms with Crippen LogP contribution in [-0.2, 0) is 15.6 Å². The van der Waals surface area contributed by atoms with E-state index in [0.29, 0.717) is 0 Å². The van der Waals surface area contributed by atoms with E-state index in [1.165, 1.54) is 51.4 Å². The third-order valence-electron chi connectivity index (χ3n) is 3.86. The Bertz CT molecular complexity index is 344. The topological polar surface area (TPSA) is 25.1 Å². The zero-order chi connectivity index (χ0) is 13.4. The minimum Gasteiger partial charge on any atom is -0.189 e. The lowest BCUT2D eigenvalue weighted by Gasteiger charge is -2.07. The van der Waals surface area contributed by atoms with E-state index in [9.17, 15) is 0 Å². The molecule has 1 aliphatic heterocycles. The summed E-state index contributed by atoms with van der Waals surface area (Å²) in [5.41, 5.74) is 1.15. The molecule has 0 aromatic heterocycles. The summed E-state index contributed by atoms with van der Waals surface area (Å²) in [6, 6.07) is 10.3. The van der Waals surface area contributed by atoms with Gasteiger partial charge in [0.15, 0.2) is 0 Å². The molecule has 0 amide bonds. The van der Waals surface area contributed by atoms with Crippen molar-refractivity contribution in [3.8, 4) is 0 Å². The molecular weight excluding hydrogens is 236 g/mol. The Hall–Kier alpha value is -0.860. The molecule has 1 saturated heterocycles. The molecule has 2 rings (SSSR count). The smallest absolute Gasteiger partial charge is 0.189 e. The highest BCUT2D eigenvalue weighted by atomic mass is 17.4. The number of rotatable bonds is 10. The lowest BCUT2D eigenvalue weighted by atomic mass is 9.99. The fraction of sp³-hybridized carbons (Fsp3) is 0.647. The number of hydrogen-bond donors (Lipinski definition) is 0. The van der Waals surface area contributed by atoms with Crippen LogP contribution < -0.4 is 0 Å². The van der Waals surface area contributed by atoms with Crippen molar-refractivity contribution in [2.24, 2.45) is 0 Å². The van der Waals surface area contributed by atoms with Crippen LogP contribution in [0, 0.1) is 0 Å². The van der Waals surface area contributed by atoms with Crippen LogP contribution in [0.1, 0.15) is 70.3 Å². The average molecular weight is 262 g/mol. The van der Waals surface area contributed by atoms with E-state index < -0.39 is 5.79 Å². The van der Waals surface area contributed by atoms with E-state index in [1.54, 1.807) is 0 Å². The van der Waals surface area contributed by atoms with E-state index in [0.717, 1.165) is 12.0 Å². The number of hydrogen-bond acceptors (Lipinski definition) is 2. The van der Waals surface area contributed by atoms with Gasteiger partial charge in [-0.15, -0.1) is 0 Å². The van der Waals surface area contributed by atoms with Crippen molar-refractivity contribution >= 4 is 0 Å². The molecule has 0 atom stereocenters. The summed E-state index contributed by atoms with van der Waals surface area (Å²) in [4.78, 5) is 10.5. The van der Waals surface area contributed by atoms with Crippen LogP contribution in [0.2, 0.25) is 0 Å². The molecule has 1 heterocycles. The first kappa shape index (κ1) is 14.5. The highest BCUT2D eigenvalue weighted by molar-refractivity contribution is 5.21. The van der Waals surface area contributed by atoms with E-state index in [1.807, 2.05) is 18.2 Å². The normalized spacial score (nSPS) is 16.5. The molecule has 2 nitrogen and oxygen atoms in total. The molecule has 2 heteroatoms. The highest BCUT2D eigenvalue weighted by Gasteiger charge is 2.49. The molecule has 1 aliphatic rings. The molecule has 106 valence electrons. The summed E-state index contributed by atoms with van der Waals surface area (Å²) >= 11 is 0. The van der Waals surface area contributed by atoms with Gasteiger partial charge in [0.25, 0.3) is 5.79 Å². The minimum absolute atomic E-state index is 0.413. The molecule has 0 radical (unpaired) electrons. The second-order valence-electron chi connectivity index (χ2n) is 5.51. The zero-order valence-electron chi connectivity index (χ0n) is 12.1. The molecule has 0 bridgehead atoms. The van der Waals surface area contributed by atoms with Crippen LogP contribution in [0.5, 0.6) is 0 Å². The fourth-order valence-electron chi connectivity index (χ4n) is 2.56. The SMILES string of the molecule is CCCCCCCCCCC1(c2ccccc2)OO1. The van der Waals surface area contributed by atoms with Crippen LogP contribution in [-0.4, -0.2) is 0 Å². The maximum absolute atomic E-state index is 5.24. The van der Waals surface area contributed by atoms with Gasteiger partial charge >= 0.3 is 0 Å². The fourth-order valence-corrected chi connectivity index (χ4v) is 2.56. The first-order valence-electron chi connectivity index (χ1n) is 7.80. The van der Waals surface area contributed by atoms with E-state index in [-0.39, 0.29) is 0 Å². The number of benzene rings is 1. The molecule has 19 heavy (non-hydrogen) atoms. The Balaban J connectivity index is 1.56. The van der Waals surface area contributed by atoms with Crippen molar-refractivity contribution in [3.63, 3.8) is 0 Å². The maximum Gasteiger partial charge on any atom is 0.259 e. The summed E-state index contributed by atoms with van der Waals surface area (Å²) in [5, 5.41) is 0. The standard InChI is InChI=1S/C17H26O2/c1-2-3-4-5-6-7-8-12-15-17(18-19-17)16-13-10-9-11-14-16/h9-11,13-14H,2-8,12,15H2,1H3. The lowest BCUT2D eigenvalue weighted by Crippen LogP contribution is -2.07. The summed E-state index contributed by atoms with van der Waals surface area (Å²) in [7, 11) is 0. The van der Waals surface area contributed by atoms with Gasteiger partial charge in [-0.1, -0.05) is 82.2 Å². The predicted octanol–water partition coefficient (Wildman–Crippen LogP) is 5.33. The second kappa shape index (κ2) is 7.66. The van der Waals surface area contributed by atoms with Gasteiger partial charge < -0.3 is 0 Å². The van der Waals surface area contributed by atoms with Gasteiger partial charge in [0.05, 0.1) is 0 Å². The molecule has 0 spiro atoms. The largest absolute Gasteiger partial charge is 0.259 e. The van der Waals surface area contributed by atoms with E-state index in [4.69, 9.17) is 9.78 Å². The Morgan fingerprint density at radius 3 is 1.95 bits per heavy atom. The number of unbranched alkanes of at least 4 members (excludes halogenated alkanes) is 7. The summed E-state index contributed by atoms with van der Waals surface area (Å²) < 4.78 is 0. The van der Waals surface area contributed by atoms with Gasteiger partial charge in [0.1, 0.15) is 0 Å². The van der Waals surface area contributed by atoms with E-state index >= 15 is 0 Å². The highest BCUT2D eigenvalue weighted by Crippen LogP contribution is 2.45.